The molecule has 1 saturated heterocycles. The van der Waals surface area contributed by atoms with Gasteiger partial charge in [0.1, 0.15) is 0 Å². The molecule has 9 nitrogen and oxygen atoms in total. The number of esters is 1. The van der Waals surface area contributed by atoms with Crippen molar-refractivity contribution in [3.63, 3.8) is 0 Å². The third kappa shape index (κ3) is 4.20. The summed E-state index contributed by atoms with van der Waals surface area (Å²) in [7, 11) is 4.40. The van der Waals surface area contributed by atoms with Crippen molar-refractivity contribution in [1.82, 2.24) is 15.5 Å². The molecule has 0 saturated carbocycles. The smallest absolute Gasteiger partial charge is 0.338 e. The maximum Gasteiger partial charge on any atom is 0.338 e. The van der Waals surface area contributed by atoms with Crippen LogP contribution in [0.5, 0.6) is 11.5 Å². The average molecular weight is 391 g/mol. The zero-order chi connectivity index (χ0) is 20.1. The summed E-state index contributed by atoms with van der Waals surface area (Å²) >= 11 is 0. The number of carbonyl (C=O) groups is 2. The Morgan fingerprint density at radius 1 is 1.18 bits per heavy atom. The van der Waals surface area contributed by atoms with Gasteiger partial charge in [-0.15, -0.1) is 0 Å². The van der Waals surface area contributed by atoms with E-state index in [2.05, 4.69) is 15.5 Å². The van der Waals surface area contributed by atoms with Crippen molar-refractivity contribution in [2.24, 2.45) is 0 Å². The molecule has 3 rings (SSSR count). The highest BCUT2D eigenvalue weighted by atomic mass is 16.5. The molecule has 0 bridgehead atoms. The molecule has 0 aromatic heterocycles. The number of urea groups is 1. The first-order valence-electron chi connectivity index (χ1n) is 8.98. The van der Waals surface area contributed by atoms with Crippen molar-refractivity contribution in [3.8, 4) is 11.5 Å². The molecule has 1 aromatic rings. The molecule has 152 valence electrons. The zero-order valence-corrected chi connectivity index (χ0v) is 16.2. The van der Waals surface area contributed by atoms with Crippen LogP contribution < -0.4 is 20.1 Å². The van der Waals surface area contributed by atoms with E-state index in [1.165, 1.54) is 14.2 Å². The number of morpholine rings is 1. The molecule has 2 amide bonds. The molecule has 0 unspecified atom stereocenters. The van der Waals surface area contributed by atoms with Crippen LogP contribution in [-0.2, 0) is 14.3 Å². The van der Waals surface area contributed by atoms with Crippen LogP contribution in [0.25, 0.3) is 0 Å². The number of methoxy groups -OCH3 is 3. The van der Waals surface area contributed by atoms with Gasteiger partial charge in [-0.3, -0.25) is 4.90 Å². The number of hydrogen-bond donors (Lipinski definition) is 2. The second-order valence-electron chi connectivity index (χ2n) is 6.42. The second-order valence-corrected chi connectivity index (χ2v) is 6.42. The van der Waals surface area contributed by atoms with E-state index in [1.54, 1.807) is 25.3 Å². The largest absolute Gasteiger partial charge is 0.493 e. The molecule has 2 aliphatic heterocycles. The van der Waals surface area contributed by atoms with Crippen LogP contribution in [0.4, 0.5) is 4.79 Å². The normalized spacial score (nSPS) is 20.2. The lowest BCUT2D eigenvalue weighted by molar-refractivity contribution is -0.136. The monoisotopic (exact) mass is 391 g/mol. The maximum atomic E-state index is 12.6. The van der Waals surface area contributed by atoms with Gasteiger partial charge in [-0.1, -0.05) is 6.07 Å². The summed E-state index contributed by atoms with van der Waals surface area (Å²) in [6, 6.07) is 4.21. The molecular weight excluding hydrogens is 366 g/mol. The van der Waals surface area contributed by atoms with E-state index >= 15 is 0 Å². The summed E-state index contributed by atoms with van der Waals surface area (Å²) in [5.41, 5.74) is 1.57. The van der Waals surface area contributed by atoms with Crippen molar-refractivity contribution in [3.05, 3.63) is 35.0 Å². The fraction of sp³-hybridized carbons (Fsp3) is 0.474. The highest BCUT2D eigenvalue weighted by Gasteiger charge is 2.34. The van der Waals surface area contributed by atoms with E-state index in [4.69, 9.17) is 18.9 Å². The molecule has 0 spiro atoms. The Morgan fingerprint density at radius 3 is 2.54 bits per heavy atom. The Labute approximate surface area is 163 Å². The molecule has 1 fully saturated rings. The Bertz CT molecular complexity index is 773. The average Bonchev–Trinajstić information content (AvgIpc) is 2.73. The second kappa shape index (κ2) is 8.94. The number of nitrogens with zero attached hydrogens (tertiary/aromatic N) is 1. The fourth-order valence-electron chi connectivity index (χ4n) is 3.36. The number of rotatable bonds is 6. The van der Waals surface area contributed by atoms with Crippen molar-refractivity contribution in [1.29, 1.82) is 0 Å². The summed E-state index contributed by atoms with van der Waals surface area (Å²) < 4.78 is 21.0. The van der Waals surface area contributed by atoms with Gasteiger partial charge in [0.25, 0.3) is 0 Å². The molecule has 1 aromatic carbocycles. The third-order valence-electron chi connectivity index (χ3n) is 4.79. The van der Waals surface area contributed by atoms with Gasteiger partial charge in [0.05, 0.1) is 46.2 Å². The Hall–Kier alpha value is -2.78. The number of benzene rings is 1. The number of nitrogens with one attached hydrogen (secondary N) is 2. The quantitative estimate of drug-likeness (QED) is 0.693. The standard InChI is InChI=1S/C19H25N3O6/c1-25-14-5-4-12(10-15(14)26-2)17-16(18(23)27-3)13(20-19(24)21-17)11-22-6-8-28-9-7-22/h4-5,10,17H,6-9,11H2,1-3H3,(H2,20,21,24)/t17-/m1/s1. The molecule has 2 aliphatic rings. The minimum absolute atomic E-state index is 0.362. The van der Waals surface area contributed by atoms with Crippen LogP contribution in [0.1, 0.15) is 11.6 Å². The summed E-state index contributed by atoms with van der Waals surface area (Å²) in [4.78, 5) is 27.1. The fourth-order valence-corrected chi connectivity index (χ4v) is 3.36. The molecule has 0 aliphatic carbocycles. The van der Waals surface area contributed by atoms with E-state index < -0.39 is 12.0 Å². The van der Waals surface area contributed by atoms with Crippen LogP contribution in [0, 0.1) is 0 Å². The molecule has 2 N–H and O–H groups in total. The molecule has 2 heterocycles. The van der Waals surface area contributed by atoms with E-state index in [1.807, 2.05) is 0 Å². The van der Waals surface area contributed by atoms with Crippen LogP contribution in [-0.4, -0.2) is 71.1 Å². The third-order valence-corrected chi connectivity index (χ3v) is 4.79. The van der Waals surface area contributed by atoms with E-state index in [9.17, 15) is 9.59 Å². The first-order valence-corrected chi connectivity index (χ1v) is 8.98. The lowest BCUT2D eigenvalue weighted by Crippen LogP contribution is -2.49. The maximum absolute atomic E-state index is 12.6. The van der Waals surface area contributed by atoms with E-state index in [0.29, 0.717) is 48.1 Å². The van der Waals surface area contributed by atoms with Crippen LogP contribution >= 0.6 is 0 Å². The lowest BCUT2D eigenvalue weighted by atomic mass is 9.94. The predicted molar refractivity (Wildman–Crippen MR) is 100 cm³/mol. The van der Waals surface area contributed by atoms with Gasteiger partial charge >= 0.3 is 12.0 Å². The summed E-state index contributed by atoms with van der Waals surface area (Å²) in [5, 5.41) is 5.58. The van der Waals surface area contributed by atoms with E-state index in [0.717, 1.165) is 13.1 Å². The van der Waals surface area contributed by atoms with Gasteiger partial charge in [-0.05, 0) is 17.7 Å². The van der Waals surface area contributed by atoms with Gasteiger partial charge in [-0.2, -0.15) is 0 Å². The van der Waals surface area contributed by atoms with Crippen LogP contribution in [0.2, 0.25) is 0 Å². The van der Waals surface area contributed by atoms with Crippen molar-refractivity contribution >= 4 is 12.0 Å². The summed E-state index contributed by atoms with van der Waals surface area (Å²) in [6.07, 6.45) is 0. The van der Waals surface area contributed by atoms with E-state index in [-0.39, 0.29) is 6.03 Å². The molecule has 1 atom stereocenters. The van der Waals surface area contributed by atoms with Crippen LogP contribution in [0.15, 0.2) is 29.5 Å². The topological polar surface area (TPSA) is 98.4 Å². The lowest BCUT2D eigenvalue weighted by Gasteiger charge is -2.33. The summed E-state index contributed by atoms with van der Waals surface area (Å²) in [6.45, 7) is 3.10. The number of amides is 2. The Morgan fingerprint density at radius 2 is 1.89 bits per heavy atom. The van der Waals surface area contributed by atoms with Crippen LogP contribution in [0.3, 0.4) is 0 Å². The number of carbonyl (C=O) groups excluding carboxylic acids is 2. The minimum Gasteiger partial charge on any atom is -0.493 e. The zero-order valence-electron chi connectivity index (χ0n) is 16.2. The van der Waals surface area contributed by atoms with Crippen molar-refractivity contribution in [2.45, 2.75) is 6.04 Å². The van der Waals surface area contributed by atoms with Gasteiger partial charge in [-0.25, -0.2) is 9.59 Å². The predicted octanol–water partition coefficient (Wildman–Crippen LogP) is 0.817. The SMILES string of the molecule is COC(=O)C1=C(CN2CCOCC2)NC(=O)N[C@@H]1c1ccc(OC)c(OC)c1. The van der Waals surface area contributed by atoms with Gasteiger partial charge in [0.2, 0.25) is 0 Å². The number of hydrogen-bond acceptors (Lipinski definition) is 7. The molecule has 28 heavy (non-hydrogen) atoms. The molecule has 9 heteroatoms. The summed E-state index contributed by atoms with van der Waals surface area (Å²) in [5.74, 6) is 0.561. The highest BCUT2D eigenvalue weighted by molar-refractivity contribution is 5.95. The van der Waals surface area contributed by atoms with Gasteiger partial charge in [0, 0.05) is 25.3 Å². The Kier molecular flexibility index (Phi) is 6.37. The van der Waals surface area contributed by atoms with Crippen molar-refractivity contribution in [2.75, 3.05) is 54.2 Å². The van der Waals surface area contributed by atoms with Crippen molar-refractivity contribution < 1.29 is 28.5 Å². The molecular formula is C19H25N3O6. The highest BCUT2D eigenvalue weighted by Crippen LogP contribution is 2.34. The molecule has 0 radical (unpaired) electrons. The Balaban J connectivity index is 2.00. The minimum atomic E-state index is -0.669. The number of ether oxygens (including phenoxy) is 4. The van der Waals surface area contributed by atoms with Gasteiger partial charge in [0.15, 0.2) is 11.5 Å². The van der Waals surface area contributed by atoms with Gasteiger partial charge < -0.3 is 29.6 Å². The first kappa shape index (κ1) is 20.0. The first-order chi connectivity index (χ1) is 13.6.